The van der Waals surface area contributed by atoms with Gasteiger partial charge in [0.25, 0.3) is 5.69 Å². The normalized spacial score (nSPS) is 16.1. The lowest BCUT2D eigenvalue weighted by Gasteiger charge is -2.28. The topological polar surface area (TPSA) is 64.8 Å². The van der Waals surface area contributed by atoms with Crippen molar-refractivity contribution in [3.05, 3.63) is 28.3 Å². The highest BCUT2D eigenvalue weighted by molar-refractivity contribution is 5.65. The predicted octanol–water partition coefficient (Wildman–Crippen LogP) is 2.33. The zero-order valence-electron chi connectivity index (χ0n) is 10.2. The lowest BCUT2D eigenvalue weighted by molar-refractivity contribution is -0.384. The Kier molecular flexibility index (Phi) is 3.98. The Morgan fingerprint density at radius 1 is 1.30 bits per heavy atom. The lowest BCUT2D eigenvalue weighted by Crippen LogP contribution is -2.36. The Morgan fingerprint density at radius 3 is 2.50 bits per heavy atom. The minimum Gasteiger partial charge on any atom is -0.406 e. The van der Waals surface area contributed by atoms with Crippen molar-refractivity contribution in [3.8, 4) is 5.75 Å². The summed E-state index contributed by atoms with van der Waals surface area (Å²) in [6, 6.07) is 3.09. The van der Waals surface area contributed by atoms with E-state index in [4.69, 9.17) is 4.74 Å². The molecule has 1 aromatic carbocycles. The van der Waals surface area contributed by atoms with Crippen molar-refractivity contribution in [1.82, 2.24) is 0 Å². The molecule has 110 valence electrons. The first-order chi connectivity index (χ1) is 9.37. The van der Waals surface area contributed by atoms with E-state index in [1.54, 1.807) is 4.90 Å². The van der Waals surface area contributed by atoms with Crippen LogP contribution >= 0.6 is 0 Å². The molecule has 1 heterocycles. The van der Waals surface area contributed by atoms with Crippen LogP contribution in [-0.4, -0.2) is 37.6 Å². The number of hydrogen-bond acceptors (Lipinski definition) is 5. The van der Waals surface area contributed by atoms with E-state index in [2.05, 4.69) is 4.74 Å². The molecule has 2 rings (SSSR count). The van der Waals surface area contributed by atoms with Crippen LogP contribution in [0.3, 0.4) is 0 Å². The maximum atomic E-state index is 12.1. The number of alkyl halides is 3. The zero-order valence-corrected chi connectivity index (χ0v) is 10.2. The Hall–Kier alpha value is -2.03. The number of nitrogens with zero attached hydrogens (tertiary/aromatic N) is 2. The van der Waals surface area contributed by atoms with E-state index in [-0.39, 0.29) is 5.69 Å². The number of rotatable bonds is 3. The van der Waals surface area contributed by atoms with E-state index in [0.717, 1.165) is 12.1 Å². The van der Waals surface area contributed by atoms with Crippen LogP contribution in [0.4, 0.5) is 24.5 Å². The summed E-state index contributed by atoms with van der Waals surface area (Å²) in [6.07, 6.45) is -4.88. The summed E-state index contributed by atoms with van der Waals surface area (Å²) in [5.74, 6) is -0.610. The molecule has 1 saturated heterocycles. The molecule has 1 fully saturated rings. The number of halogens is 3. The van der Waals surface area contributed by atoms with Crippen LogP contribution in [0, 0.1) is 10.1 Å². The van der Waals surface area contributed by atoms with E-state index in [9.17, 15) is 23.3 Å². The number of nitro groups is 1. The van der Waals surface area contributed by atoms with Crippen molar-refractivity contribution in [2.45, 2.75) is 6.36 Å². The van der Waals surface area contributed by atoms with Crippen molar-refractivity contribution in [3.63, 3.8) is 0 Å². The van der Waals surface area contributed by atoms with E-state index < -0.39 is 22.7 Å². The molecule has 0 aliphatic carbocycles. The number of anilines is 1. The molecule has 20 heavy (non-hydrogen) atoms. The third kappa shape index (κ3) is 3.50. The largest absolute Gasteiger partial charge is 0.573 e. The van der Waals surface area contributed by atoms with Gasteiger partial charge in [0, 0.05) is 13.1 Å². The second kappa shape index (κ2) is 5.53. The highest BCUT2D eigenvalue weighted by Gasteiger charge is 2.32. The number of nitro benzene ring substituents is 1. The molecule has 0 bridgehead atoms. The minimum absolute atomic E-state index is 0.257. The van der Waals surface area contributed by atoms with Gasteiger partial charge in [0.1, 0.15) is 11.4 Å². The molecule has 9 heteroatoms. The molecule has 0 saturated carbocycles. The molecule has 0 spiro atoms. The Labute approximate surface area is 111 Å². The van der Waals surface area contributed by atoms with Crippen molar-refractivity contribution in [2.75, 3.05) is 31.2 Å². The Bertz CT molecular complexity index is 501. The first-order valence-corrected chi connectivity index (χ1v) is 5.74. The van der Waals surface area contributed by atoms with Crippen LogP contribution in [0.2, 0.25) is 0 Å². The molecular weight excluding hydrogens is 281 g/mol. The first kappa shape index (κ1) is 14.4. The number of ether oxygens (including phenoxy) is 2. The molecule has 1 aliphatic heterocycles. The molecule has 1 aliphatic rings. The molecule has 1 aromatic rings. The third-order valence-corrected chi connectivity index (χ3v) is 2.73. The van der Waals surface area contributed by atoms with E-state index >= 15 is 0 Å². The van der Waals surface area contributed by atoms with Gasteiger partial charge >= 0.3 is 6.36 Å². The highest BCUT2D eigenvalue weighted by Crippen LogP contribution is 2.34. The standard InChI is InChI=1S/C11H11F3N2O4/c12-11(13,14)20-8-1-2-9(10(7-8)16(17)18)15-3-5-19-6-4-15/h1-2,7H,3-6H2. The average molecular weight is 292 g/mol. The molecule has 0 aromatic heterocycles. The quantitative estimate of drug-likeness (QED) is 0.632. The Morgan fingerprint density at radius 2 is 1.95 bits per heavy atom. The van der Waals surface area contributed by atoms with Crippen LogP contribution in [0.5, 0.6) is 5.75 Å². The second-order valence-electron chi connectivity index (χ2n) is 4.05. The van der Waals surface area contributed by atoms with E-state index in [1.807, 2.05) is 0 Å². The van der Waals surface area contributed by atoms with Crippen molar-refractivity contribution < 1.29 is 27.6 Å². The number of morpholine rings is 1. The summed E-state index contributed by atoms with van der Waals surface area (Å²) in [5.41, 5.74) is -0.165. The zero-order chi connectivity index (χ0) is 14.8. The number of benzene rings is 1. The highest BCUT2D eigenvalue weighted by atomic mass is 19.4. The van der Waals surface area contributed by atoms with Gasteiger partial charge in [0.2, 0.25) is 0 Å². The fraction of sp³-hybridized carbons (Fsp3) is 0.455. The smallest absolute Gasteiger partial charge is 0.406 e. The van der Waals surface area contributed by atoms with Gasteiger partial charge in [-0.3, -0.25) is 10.1 Å². The fourth-order valence-corrected chi connectivity index (χ4v) is 1.92. The minimum atomic E-state index is -4.88. The average Bonchev–Trinajstić information content (AvgIpc) is 2.37. The van der Waals surface area contributed by atoms with Crippen molar-refractivity contribution >= 4 is 11.4 Å². The monoisotopic (exact) mass is 292 g/mol. The predicted molar refractivity (Wildman–Crippen MR) is 62.8 cm³/mol. The molecule has 0 unspecified atom stereocenters. The van der Waals surface area contributed by atoms with Gasteiger partial charge < -0.3 is 14.4 Å². The van der Waals surface area contributed by atoms with Gasteiger partial charge in [-0.05, 0) is 12.1 Å². The van der Waals surface area contributed by atoms with Crippen LogP contribution in [0.25, 0.3) is 0 Å². The fourth-order valence-electron chi connectivity index (χ4n) is 1.92. The molecule has 0 amide bonds. The summed E-state index contributed by atoms with van der Waals surface area (Å²) >= 11 is 0. The third-order valence-electron chi connectivity index (χ3n) is 2.73. The van der Waals surface area contributed by atoms with Crippen LogP contribution in [-0.2, 0) is 4.74 Å². The summed E-state index contributed by atoms with van der Waals surface area (Å²) in [4.78, 5) is 12.0. The van der Waals surface area contributed by atoms with Gasteiger partial charge in [-0.1, -0.05) is 0 Å². The SMILES string of the molecule is O=[N+]([O-])c1cc(OC(F)(F)F)ccc1N1CCOCC1. The molecule has 0 radical (unpaired) electrons. The van der Waals surface area contributed by atoms with Crippen molar-refractivity contribution in [2.24, 2.45) is 0 Å². The van der Waals surface area contributed by atoms with Crippen molar-refractivity contribution in [1.29, 1.82) is 0 Å². The Balaban J connectivity index is 2.30. The molecule has 0 atom stereocenters. The molecule has 0 N–H and O–H groups in total. The first-order valence-electron chi connectivity index (χ1n) is 5.74. The molecule has 6 nitrogen and oxygen atoms in total. The van der Waals surface area contributed by atoms with Crippen LogP contribution in [0.1, 0.15) is 0 Å². The van der Waals surface area contributed by atoms with Crippen LogP contribution < -0.4 is 9.64 Å². The van der Waals surface area contributed by atoms with Gasteiger partial charge in [-0.25, -0.2) is 0 Å². The van der Waals surface area contributed by atoms with E-state index in [1.165, 1.54) is 6.07 Å². The molecular formula is C11H11F3N2O4. The number of hydrogen-bond donors (Lipinski definition) is 0. The van der Waals surface area contributed by atoms with Crippen LogP contribution in [0.15, 0.2) is 18.2 Å². The summed E-state index contributed by atoms with van der Waals surface area (Å²) in [7, 11) is 0. The van der Waals surface area contributed by atoms with Gasteiger partial charge in [-0.2, -0.15) is 0 Å². The second-order valence-corrected chi connectivity index (χ2v) is 4.05. The maximum absolute atomic E-state index is 12.1. The van der Waals surface area contributed by atoms with Gasteiger partial charge in [0.15, 0.2) is 0 Å². The van der Waals surface area contributed by atoms with E-state index in [0.29, 0.717) is 26.3 Å². The van der Waals surface area contributed by atoms with Gasteiger partial charge in [-0.15, -0.1) is 13.2 Å². The maximum Gasteiger partial charge on any atom is 0.573 e. The summed E-state index contributed by atoms with van der Waals surface area (Å²) < 4.78 is 45.1. The van der Waals surface area contributed by atoms with Gasteiger partial charge in [0.05, 0.1) is 24.2 Å². The summed E-state index contributed by atoms with van der Waals surface area (Å²) in [5, 5.41) is 11.0. The summed E-state index contributed by atoms with van der Waals surface area (Å²) in [6.45, 7) is 1.72. The lowest BCUT2D eigenvalue weighted by atomic mass is 10.2.